The molecule has 29 heavy (non-hydrogen) atoms. The van der Waals surface area contributed by atoms with Crippen LogP contribution in [0, 0.1) is 0 Å². The number of anilines is 1. The van der Waals surface area contributed by atoms with Gasteiger partial charge in [0.05, 0.1) is 18.8 Å². The highest BCUT2D eigenvalue weighted by Gasteiger charge is 2.32. The van der Waals surface area contributed by atoms with Crippen molar-refractivity contribution in [2.75, 3.05) is 24.6 Å². The Morgan fingerprint density at radius 2 is 1.93 bits per heavy atom. The number of hydrogen-bond acceptors (Lipinski definition) is 4. The molecule has 0 bridgehead atoms. The van der Waals surface area contributed by atoms with Crippen molar-refractivity contribution >= 4 is 23.6 Å². The molecule has 0 fully saturated rings. The van der Waals surface area contributed by atoms with Crippen LogP contribution in [0.25, 0.3) is 6.08 Å². The number of carbonyl (C=O) groups is 2. The van der Waals surface area contributed by atoms with Crippen LogP contribution in [0.5, 0.6) is 11.5 Å². The third-order valence-electron chi connectivity index (χ3n) is 4.51. The maximum Gasteiger partial charge on any atom is 0.262 e. The van der Waals surface area contributed by atoms with Gasteiger partial charge in [-0.25, -0.2) is 0 Å². The zero-order chi connectivity index (χ0) is 20.6. The Bertz CT molecular complexity index is 894. The van der Waals surface area contributed by atoms with E-state index in [0.29, 0.717) is 24.6 Å². The van der Waals surface area contributed by atoms with Gasteiger partial charge in [-0.05, 0) is 37.6 Å². The van der Waals surface area contributed by atoms with Gasteiger partial charge < -0.3 is 19.7 Å². The van der Waals surface area contributed by atoms with Gasteiger partial charge in [-0.3, -0.25) is 9.59 Å². The number of carbonyl (C=O) groups excluding carboxylic acids is 2. The Labute approximate surface area is 171 Å². The van der Waals surface area contributed by atoms with Crippen LogP contribution in [0.3, 0.4) is 0 Å². The number of fused-ring (bicyclic) bond motifs is 1. The zero-order valence-corrected chi connectivity index (χ0v) is 16.8. The predicted octanol–water partition coefficient (Wildman–Crippen LogP) is 3.42. The molecule has 2 aromatic rings. The quantitative estimate of drug-likeness (QED) is 0.731. The highest BCUT2D eigenvalue weighted by molar-refractivity contribution is 6.06. The molecule has 1 heterocycles. The fourth-order valence-electron chi connectivity index (χ4n) is 3.10. The number of nitrogens with one attached hydrogen (secondary N) is 1. The molecule has 0 spiro atoms. The molecule has 0 radical (unpaired) electrons. The predicted molar refractivity (Wildman–Crippen MR) is 113 cm³/mol. The fourth-order valence-corrected chi connectivity index (χ4v) is 3.10. The van der Waals surface area contributed by atoms with Gasteiger partial charge in [0.2, 0.25) is 0 Å². The van der Waals surface area contributed by atoms with E-state index in [9.17, 15) is 9.59 Å². The van der Waals surface area contributed by atoms with Gasteiger partial charge >= 0.3 is 0 Å². The summed E-state index contributed by atoms with van der Waals surface area (Å²) in [4.78, 5) is 27.0. The molecule has 152 valence electrons. The van der Waals surface area contributed by atoms with Crippen molar-refractivity contribution < 1.29 is 19.1 Å². The first-order valence-corrected chi connectivity index (χ1v) is 9.88. The van der Waals surface area contributed by atoms with E-state index in [0.717, 1.165) is 17.7 Å². The van der Waals surface area contributed by atoms with Crippen molar-refractivity contribution in [1.29, 1.82) is 0 Å². The maximum atomic E-state index is 13.0. The molecular weight excluding hydrogens is 368 g/mol. The van der Waals surface area contributed by atoms with Gasteiger partial charge in [-0.2, -0.15) is 0 Å². The van der Waals surface area contributed by atoms with Crippen LogP contribution in [0.2, 0.25) is 0 Å². The van der Waals surface area contributed by atoms with Crippen molar-refractivity contribution in [2.45, 2.75) is 26.4 Å². The van der Waals surface area contributed by atoms with E-state index >= 15 is 0 Å². The van der Waals surface area contributed by atoms with Crippen molar-refractivity contribution in [2.24, 2.45) is 0 Å². The summed E-state index contributed by atoms with van der Waals surface area (Å²) in [5.74, 6) is 0.801. The summed E-state index contributed by atoms with van der Waals surface area (Å²) in [6.07, 6.45) is 3.32. The van der Waals surface area contributed by atoms with Crippen LogP contribution in [-0.4, -0.2) is 37.6 Å². The number of benzene rings is 2. The second-order valence-electron chi connectivity index (χ2n) is 6.62. The molecule has 2 aromatic carbocycles. The highest BCUT2D eigenvalue weighted by atomic mass is 16.5. The molecule has 0 unspecified atom stereocenters. The number of amides is 2. The molecule has 3 rings (SSSR count). The summed E-state index contributed by atoms with van der Waals surface area (Å²) in [6, 6.07) is 14.8. The lowest BCUT2D eigenvalue weighted by Crippen LogP contribution is -2.50. The summed E-state index contributed by atoms with van der Waals surface area (Å²) >= 11 is 0. The molecule has 6 heteroatoms. The van der Waals surface area contributed by atoms with Crippen LogP contribution in [0.15, 0.2) is 54.6 Å². The van der Waals surface area contributed by atoms with Crippen molar-refractivity contribution in [1.82, 2.24) is 5.32 Å². The van der Waals surface area contributed by atoms with Gasteiger partial charge in [0, 0.05) is 18.2 Å². The van der Waals surface area contributed by atoms with Crippen LogP contribution < -0.4 is 19.7 Å². The molecule has 1 atom stereocenters. The minimum atomic E-state index is -0.746. The van der Waals surface area contributed by atoms with Crippen LogP contribution in [0.4, 0.5) is 5.69 Å². The second kappa shape index (κ2) is 9.78. The van der Waals surface area contributed by atoms with Crippen LogP contribution in [0.1, 0.15) is 25.8 Å². The lowest BCUT2D eigenvalue weighted by Gasteiger charge is -2.33. The lowest BCUT2D eigenvalue weighted by molar-refractivity contribution is -0.128. The zero-order valence-electron chi connectivity index (χ0n) is 16.8. The molecule has 0 saturated carbocycles. The Morgan fingerprint density at radius 1 is 1.17 bits per heavy atom. The molecule has 6 nitrogen and oxygen atoms in total. The summed E-state index contributed by atoms with van der Waals surface area (Å²) < 4.78 is 11.4. The number of para-hydroxylation sites is 3. The van der Waals surface area contributed by atoms with E-state index in [1.54, 1.807) is 17.0 Å². The van der Waals surface area contributed by atoms with E-state index in [1.807, 2.05) is 56.3 Å². The second-order valence-corrected chi connectivity index (χ2v) is 6.62. The Balaban J connectivity index is 1.82. The average Bonchev–Trinajstić information content (AvgIpc) is 2.76. The number of ether oxygens (including phenoxy) is 2. The van der Waals surface area contributed by atoms with Gasteiger partial charge in [0.15, 0.2) is 6.10 Å². The first kappa shape index (κ1) is 20.5. The van der Waals surface area contributed by atoms with Gasteiger partial charge in [0.1, 0.15) is 11.5 Å². The summed E-state index contributed by atoms with van der Waals surface area (Å²) in [5.41, 5.74) is 1.47. The molecule has 0 saturated heterocycles. The van der Waals surface area contributed by atoms with Gasteiger partial charge in [0.25, 0.3) is 11.8 Å². The lowest BCUT2D eigenvalue weighted by atomic mass is 10.1. The molecule has 0 aliphatic carbocycles. The monoisotopic (exact) mass is 394 g/mol. The third kappa shape index (κ3) is 4.96. The number of nitrogens with zero attached hydrogens (tertiary/aromatic N) is 1. The normalized spacial score (nSPS) is 15.5. The molecule has 1 aliphatic rings. The SMILES string of the molecule is CCCNC(=O)[C@@H]1CN(C(=O)/C=C/c2ccccc2OCC)c2ccccc2O1. The molecule has 0 aromatic heterocycles. The standard InChI is InChI=1S/C23H26N2O4/c1-3-15-24-23(27)21-16-25(18-10-6-8-12-20(18)29-21)22(26)14-13-17-9-5-7-11-19(17)28-4-2/h5-14,21H,3-4,15-16H2,1-2H3,(H,24,27)/b14-13+/t21-/m0/s1. The minimum absolute atomic E-state index is 0.156. The van der Waals surface area contributed by atoms with E-state index in [1.165, 1.54) is 6.08 Å². The van der Waals surface area contributed by atoms with Crippen LogP contribution in [-0.2, 0) is 9.59 Å². The summed E-state index contributed by atoms with van der Waals surface area (Å²) in [7, 11) is 0. The first-order chi connectivity index (χ1) is 14.1. The van der Waals surface area contributed by atoms with E-state index in [2.05, 4.69) is 5.32 Å². The smallest absolute Gasteiger partial charge is 0.262 e. The summed E-state index contributed by atoms with van der Waals surface area (Å²) in [5, 5.41) is 2.84. The van der Waals surface area contributed by atoms with Crippen LogP contribution >= 0.6 is 0 Å². The highest BCUT2D eigenvalue weighted by Crippen LogP contribution is 2.33. The first-order valence-electron chi connectivity index (χ1n) is 9.88. The van der Waals surface area contributed by atoms with E-state index in [4.69, 9.17) is 9.47 Å². The van der Waals surface area contributed by atoms with E-state index in [-0.39, 0.29) is 18.4 Å². The van der Waals surface area contributed by atoms with Crippen molar-refractivity contribution in [3.05, 3.63) is 60.2 Å². The van der Waals surface area contributed by atoms with Gasteiger partial charge in [-0.15, -0.1) is 0 Å². The molecular formula is C23H26N2O4. The Kier molecular flexibility index (Phi) is 6.89. The fraction of sp³-hybridized carbons (Fsp3) is 0.304. The molecule has 1 aliphatic heterocycles. The Hall–Kier alpha value is -3.28. The Morgan fingerprint density at radius 3 is 2.72 bits per heavy atom. The number of hydrogen-bond donors (Lipinski definition) is 1. The molecule has 1 N–H and O–H groups in total. The molecule has 2 amide bonds. The maximum absolute atomic E-state index is 13.0. The minimum Gasteiger partial charge on any atom is -0.493 e. The topological polar surface area (TPSA) is 67.9 Å². The van der Waals surface area contributed by atoms with Crippen molar-refractivity contribution in [3.8, 4) is 11.5 Å². The average molecular weight is 394 g/mol. The van der Waals surface area contributed by atoms with E-state index < -0.39 is 6.10 Å². The van der Waals surface area contributed by atoms with Crippen molar-refractivity contribution in [3.63, 3.8) is 0 Å². The van der Waals surface area contributed by atoms with Gasteiger partial charge in [-0.1, -0.05) is 37.3 Å². The largest absolute Gasteiger partial charge is 0.493 e. The third-order valence-corrected chi connectivity index (χ3v) is 4.51. The summed E-state index contributed by atoms with van der Waals surface area (Å²) in [6.45, 7) is 5.17. The number of rotatable bonds is 7.